The van der Waals surface area contributed by atoms with Gasteiger partial charge < -0.3 is 9.42 Å². The van der Waals surface area contributed by atoms with Crippen LogP contribution in [-0.4, -0.2) is 43.8 Å². The molecule has 1 aliphatic carbocycles. The summed E-state index contributed by atoms with van der Waals surface area (Å²) in [5, 5.41) is 8.45. The van der Waals surface area contributed by atoms with E-state index in [2.05, 4.69) is 10.3 Å². The molecular formula is C22H24FN5O2. The van der Waals surface area contributed by atoms with E-state index in [-0.39, 0.29) is 23.7 Å². The van der Waals surface area contributed by atoms with Gasteiger partial charge in [-0.1, -0.05) is 18.0 Å². The van der Waals surface area contributed by atoms with Crippen LogP contribution in [0.2, 0.25) is 0 Å². The number of aromatic nitrogens is 4. The van der Waals surface area contributed by atoms with Crippen LogP contribution in [0.3, 0.4) is 0 Å². The summed E-state index contributed by atoms with van der Waals surface area (Å²) >= 11 is 0. The molecule has 1 amide bonds. The molecule has 0 radical (unpaired) electrons. The fourth-order valence-electron chi connectivity index (χ4n) is 4.36. The minimum Gasteiger partial charge on any atom is -0.341 e. The second-order valence-corrected chi connectivity index (χ2v) is 8.44. The first-order valence-corrected chi connectivity index (χ1v) is 10.5. The van der Waals surface area contributed by atoms with Crippen molar-refractivity contribution in [2.75, 3.05) is 13.1 Å². The molecule has 3 aromatic rings. The number of likely N-dealkylation sites (tertiary alicyclic amines) is 1. The third-order valence-electron chi connectivity index (χ3n) is 6.30. The van der Waals surface area contributed by atoms with Crippen molar-refractivity contribution in [3.63, 3.8) is 0 Å². The molecule has 2 aromatic heterocycles. The van der Waals surface area contributed by atoms with E-state index in [1.807, 2.05) is 11.0 Å². The first-order valence-electron chi connectivity index (χ1n) is 10.5. The number of hydrogen-bond acceptors (Lipinski definition) is 5. The average molecular weight is 409 g/mol. The largest absolute Gasteiger partial charge is 0.341 e. The minimum atomic E-state index is -0.296. The highest BCUT2D eigenvalue weighted by Crippen LogP contribution is 2.46. The summed E-state index contributed by atoms with van der Waals surface area (Å²) < 4.78 is 20.4. The Hall–Kier alpha value is -3.03. The van der Waals surface area contributed by atoms with Crippen LogP contribution in [0.4, 0.5) is 4.39 Å². The molecule has 8 heteroatoms. The molecule has 0 spiro atoms. The number of halogens is 1. The fraction of sp³-hybridized carbons (Fsp3) is 0.455. The molecule has 2 aliphatic rings. The van der Waals surface area contributed by atoms with Crippen LogP contribution in [0.25, 0.3) is 11.5 Å². The van der Waals surface area contributed by atoms with Crippen LogP contribution >= 0.6 is 0 Å². The predicted octanol–water partition coefficient (Wildman–Crippen LogP) is 3.43. The molecule has 0 atom stereocenters. The highest BCUT2D eigenvalue weighted by molar-refractivity contribution is 5.76. The molecule has 1 aliphatic heterocycles. The van der Waals surface area contributed by atoms with Crippen molar-refractivity contribution in [3.05, 3.63) is 54.4 Å². The van der Waals surface area contributed by atoms with Gasteiger partial charge in [0, 0.05) is 36.5 Å². The minimum absolute atomic E-state index is 0.0823. The van der Waals surface area contributed by atoms with Gasteiger partial charge in [-0.15, -0.1) is 0 Å². The Morgan fingerprint density at radius 1 is 1.20 bits per heavy atom. The van der Waals surface area contributed by atoms with Gasteiger partial charge in [-0.25, -0.2) is 4.39 Å². The molecule has 0 N–H and O–H groups in total. The van der Waals surface area contributed by atoms with Gasteiger partial charge in [0.05, 0.1) is 0 Å². The van der Waals surface area contributed by atoms with Crippen molar-refractivity contribution in [2.24, 2.45) is 5.92 Å². The van der Waals surface area contributed by atoms with E-state index in [0.29, 0.717) is 36.3 Å². The first-order chi connectivity index (χ1) is 14.6. The number of nitrogens with zero attached hydrogens (tertiary/aromatic N) is 5. The zero-order valence-electron chi connectivity index (χ0n) is 16.7. The third-order valence-corrected chi connectivity index (χ3v) is 6.30. The van der Waals surface area contributed by atoms with Gasteiger partial charge in [-0.2, -0.15) is 10.1 Å². The maximum Gasteiger partial charge on any atom is 0.257 e. The lowest BCUT2D eigenvalue weighted by Crippen LogP contribution is -2.47. The fourth-order valence-corrected chi connectivity index (χ4v) is 4.36. The number of rotatable bonds is 6. The molecule has 7 nitrogen and oxygen atoms in total. The maximum absolute atomic E-state index is 13.2. The summed E-state index contributed by atoms with van der Waals surface area (Å²) in [6.45, 7) is 1.61. The summed E-state index contributed by atoms with van der Waals surface area (Å²) in [7, 11) is 0. The molecule has 0 bridgehead atoms. The standard InChI is InChI=1S/C22H24FN5O2/c23-18-6-4-17(5-7-18)20-25-21(26-30-20)22(14-16-2-3-16)8-12-27(13-9-22)19(29)15-28-11-1-10-24-28/h1,4-7,10-11,16H,2-3,8-9,12-15H2. The molecule has 30 heavy (non-hydrogen) atoms. The smallest absolute Gasteiger partial charge is 0.257 e. The van der Waals surface area contributed by atoms with E-state index in [1.54, 1.807) is 29.2 Å². The normalized spacial score (nSPS) is 18.5. The number of benzene rings is 1. The van der Waals surface area contributed by atoms with Crippen LogP contribution in [0.15, 0.2) is 47.2 Å². The zero-order chi connectivity index (χ0) is 20.6. The van der Waals surface area contributed by atoms with Gasteiger partial charge in [-0.3, -0.25) is 9.48 Å². The number of carbonyl (C=O) groups excluding carboxylic acids is 1. The van der Waals surface area contributed by atoms with Gasteiger partial charge in [0.25, 0.3) is 5.89 Å². The van der Waals surface area contributed by atoms with E-state index < -0.39 is 0 Å². The van der Waals surface area contributed by atoms with Crippen LogP contribution in [0.5, 0.6) is 0 Å². The molecular weight excluding hydrogens is 385 g/mol. The molecule has 3 heterocycles. The molecule has 156 valence electrons. The Kier molecular flexibility index (Phi) is 4.84. The summed E-state index contributed by atoms with van der Waals surface area (Å²) in [5.74, 6) is 1.61. The Balaban J connectivity index is 1.32. The summed E-state index contributed by atoms with van der Waals surface area (Å²) in [5.41, 5.74) is 0.536. The van der Waals surface area contributed by atoms with E-state index in [0.717, 1.165) is 19.3 Å². The molecule has 1 saturated carbocycles. The highest BCUT2D eigenvalue weighted by atomic mass is 19.1. The summed E-state index contributed by atoms with van der Waals surface area (Å²) in [6.07, 6.45) is 8.62. The van der Waals surface area contributed by atoms with Gasteiger partial charge in [0.1, 0.15) is 12.4 Å². The Morgan fingerprint density at radius 3 is 2.63 bits per heavy atom. The number of amides is 1. The predicted molar refractivity (Wildman–Crippen MR) is 107 cm³/mol. The highest BCUT2D eigenvalue weighted by Gasteiger charge is 2.44. The molecule has 5 rings (SSSR count). The van der Waals surface area contributed by atoms with Crippen molar-refractivity contribution in [1.82, 2.24) is 24.8 Å². The van der Waals surface area contributed by atoms with E-state index >= 15 is 0 Å². The van der Waals surface area contributed by atoms with Gasteiger partial charge in [0.15, 0.2) is 5.82 Å². The summed E-state index contributed by atoms with van der Waals surface area (Å²) in [6, 6.07) is 7.90. The van der Waals surface area contributed by atoms with Crippen molar-refractivity contribution < 1.29 is 13.7 Å². The molecule has 0 unspecified atom stereocenters. The Labute approximate surface area is 173 Å². The van der Waals surface area contributed by atoms with Crippen molar-refractivity contribution in [1.29, 1.82) is 0 Å². The van der Waals surface area contributed by atoms with Crippen molar-refractivity contribution in [2.45, 2.75) is 44.1 Å². The maximum atomic E-state index is 13.2. The third kappa shape index (κ3) is 3.86. The molecule has 1 saturated heterocycles. The quantitative estimate of drug-likeness (QED) is 0.623. The Morgan fingerprint density at radius 2 is 1.97 bits per heavy atom. The molecule has 2 fully saturated rings. The van der Waals surface area contributed by atoms with Gasteiger partial charge in [-0.05, 0) is 55.5 Å². The van der Waals surface area contributed by atoms with Crippen LogP contribution in [-0.2, 0) is 16.8 Å². The van der Waals surface area contributed by atoms with E-state index in [1.165, 1.54) is 25.0 Å². The van der Waals surface area contributed by atoms with Crippen LogP contribution < -0.4 is 0 Å². The second kappa shape index (κ2) is 7.66. The monoisotopic (exact) mass is 409 g/mol. The van der Waals surface area contributed by atoms with Crippen molar-refractivity contribution in [3.8, 4) is 11.5 Å². The van der Waals surface area contributed by atoms with Gasteiger partial charge >= 0.3 is 0 Å². The second-order valence-electron chi connectivity index (χ2n) is 8.44. The first kappa shape index (κ1) is 19.0. The average Bonchev–Trinajstić information content (AvgIpc) is 3.20. The SMILES string of the molecule is O=C(Cn1cccn1)N1CCC(CC2CC2)(c2noc(-c3ccc(F)cc3)n2)CC1. The lowest BCUT2D eigenvalue weighted by atomic mass is 9.73. The zero-order valence-corrected chi connectivity index (χ0v) is 16.7. The summed E-state index contributed by atoms with van der Waals surface area (Å²) in [4.78, 5) is 19.3. The van der Waals surface area contributed by atoms with Gasteiger partial charge in [0.2, 0.25) is 5.91 Å². The number of piperidine rings is 1. The Bertz CT molecular complexity index is 1000. The number of carbonyl (C=O) groups is 1. The lowest BCUT2D eigenvalue weighted by molar-refractivity contribution is -0.133. The van der Waals surface area contributed by atoms with Crippen LogP contribution in [0.1, 0.15) is 37.9 Å². The van der Waals surface area contributed by atoms with Crippen LogP contribution in [0, 0.1) is 11.7 Å². The topological polar surface area (TPSA) is 77.0 Å². The number of hydrogen-bond donors (Lipinski definition) is 0. The molecule has 1 aromatic carbocycles. The van der Waals surface area contributed by atoms with Crippen molar-refractivity contribution >= 4 is 5.91 Å². The lowest BCUT2D eigenvalue weighted by Gasteiger charge is -2.40. The van der Waals surface area contributed by atoms with E-state index in [4.69, 9.17) is 9.51 Å². The van der Waals surface area contributed by atoms with E-state index in [9.17, 15) is 9.18 Å².